The number of rotatable bonds is 17. The SMILES string of the molecule is CCCCC(=O)Nc1ccc(O[C@@H]2OC(CO)[C@H](O[C@H]3OC(CO)[C@H](O[C@H]4OC(CO)[C@@H](O[C@H]5OC(CO)[C@@H](O)[C@H](O)C5O)[C@H](O)C4O)[C@H](O)C3O)[C@H](O)C2O)c(CF)c1. The molecule has 1 amide bonds. The first kappa shape index (κ1) is 48.6. The van der Waals surface area contributed by atoms with E-state index in [9.17, 15) is 75.6 Å². The van der Waals surface area contributed by atoms with Gasteiger partial charge in [-0.15, -0.1) is 0 Å². The lowest BCUT2D eigenvalue weighted by molar-refractivity contribution is -0.387. The van der Waals surface area contributed by atoms with Crippen LogP contribution in [0.4, 0.5) is 10.1 Å². The highest BCUT2D eigenvalue weighted by Gasteiger charge is 2.55. The minimum atomic E-state index is -2.08. The fourth-order valence-corrected chi connectivity index (χ4v) is 7.19. The van der Waals surface area contributed by atoms with Crippen LogP contribution in [0, 0.1) is 0 Å². The summed E-state index contributed by atoms with van der Waals surface area (Å²) in [5.41, 5.74) is 0.244. The molecule has 14 N–H and O–H groups in total. The van der Waals surface area contributed by atoms with Crippen molar-refractivity contribution in [3.05, 3.63) is 23.8 Å². The first-order chi connectivity index (χ1) is 28.6. The van der Waals surface area contributed by atoms with Gasteiger partial charge >= 0.3 is 0 Å². The summed E-state index contributed by atoms with van der Waals surface area (Å²) < 4.78 is 58.7. The second kappa shape index (κ2) is 21.8. The fraction of sp³-hybridized carbons (Fsp3) is 0.806. The summed E-state index contributed by atoms with van der Waals surface area (Å²) in [4.78, 5) is 12.1. The number of aliphatic hydroxyl groups is 13. The predicted octanol–water partition coefficient (Wildman–Crippen LogP) is -6.06. The van der Waals surface area contributed by atoms with Gasteiger partial charge < -0.3 is 110 Å². The van der Waals surface area contributed by atoms with E-state index in [1.807, 2.05) is 6.92 Å². The molecule has 0 aliphatic carbocycles. The Bertz CT molecular complexity index is 1500. The number of nitrogens with one attached hydrogen (secondary N) is 1. The number of alkyl halides is 1. The van der Waals surface area contributed by atoms with E-state index in [4.69, 9.17) is 37.9 Å². The molecule has 4 saturated heterocycles. The molecule has 1 aromatic rings. The Kier molecular flexibility index (Phi) is 17.7. The van der Waals surface area contributed by atoms with Crippen molar-refractivity contribution in [2.24, 2.45) is 0 Å². The maximum atomic E-state index is 14.0. The Hall–Kier alpha value is -2.38. The van der Waals surface area contributed by atoms with Gasteiger partial charge in [0.2, 0.25) is 12.2 Å². The fourth-order valence-electron chi connectivity index (χ4n) is 7.19. The summed E-state index contributed by atoms with van der Waals surface area (Å²) >= 11 is 0. The molecule has 60 heavy (non-hydrogen) atoms. The predicted molar refractivity (Wildman–Crippen MR) is 192 cm³/mol. The van der Waals surface area contributed by atoms with Crippen molar-refractivity contribution >= 4 is 11.6 Å². The van der Waals surface area contributed by atoms with Gasteiger partial charge in [0.25, 0.3) is 0 Å². The molecular formula is C36H56FNO22. The highest BCUT2D eigenvalue weighted by Crippen LogP contribution is 2.35. The van der Waals surface area contributed by atoms with E-state index in [1.54, 1.807) is 0 Å². The van der Waals surface area contributed by atoms with Gasteiger partial charge in [-0.3, -0.25) is 4.79 Å². The van der Waals surface area contributed by atoms with Gasteiger partial charge in [0.05, 0.1) is 26.4 Å². The van der Waals surface area contributed by atoms with E-state index in [0.29, 0.717) is 6.42 Å². The van der Waals surface area contributed by atoms with Gasteiger partial charge in [-0.1, -0.05) is 13.3 Å². The number of carbonyl (C=O) groups excluding carboxylic acids is 1. The van der Waals surface area contributed by atoms with E-state index in [1.165, 1.54) is 18.2 Å². The topological polar surface area (TPSA) is 366 Å². The molecule has 0 radical (unpaired) electrons. The lowest BCUT2D eigenvalue weighted by Gasteiger charge is -2.49. The van der Waals surface area contributed by atoms with E-state index in [2.05, 4.69) is 5.32 Å². The quantitative estimate of drug-likeness (QED) is 0.0693. The van der Waals surface area contributed by atoms with E-state index >= 15 is 0 Å². The molecule has 8 unspecified atom stereocenters. The van der Waals surface area contributed by atoms with Gasteiger partial charge in [-0.2, -0.15) is 0 Å². The Morgan fingerprint density at radius 3 is 1.45 bits per heavy atom. The molecule has 20 atom stereocenters. The van der Waals surface area contributed by atoms with Crippen molar-refractivity contribution < 1.29 is 113 Å². The average molecular weight is 874 g/mol. The minimum absolute atomic E-state index is 0.0409. The van der Waals surface area contributed by atoms with Crippen LogP contribution in [-0.2, 0) is 44.6 Å². The lowest BCUT2D eigenvalue weighted by atomic mass is 9.95. The molecule has 5 rings (SSSR count). The van der Waals surface area contributed by atoms with Crippen LogP contribution in [-0.4, -0.2) is 222 Å². The zero-order valence-electron chi connectivity index (χ0n) is 32.3. The molecule has 1 aromatic carbocycles. The van der Waals surface area contributed by atoms with Crippen molar-refractivity contribution in [2.75, 3.05) is 31.7 Å². The number of anilines is 1. The van der Waals surface area contributed by atoms with Gasteiger partial charge in [0, 0.05) is 17.7 Å². The Morgan fingerprint density at radius 1 is 0.600 bits per heavy atom. The van der Waals surface area contributed by atoms with Crippen LogP contribution in [0.3, 0.4) is 0 Å². The molecular weight excluding hydrogens is 817 g/mol. The average Bonchev–Trinajstić information content (AvgIpc) is 3.24. The molecule has 24 heteroatoms. The van der Waals surface area contributed by atoms with Crippen LogP contribution in [0.1, 0.15) is 31.7 Å². The zero-order valence-corrected chi connectivity index (χ0v) is 32.3. The molecule has 23 nitrogen and oxygen atoms in total. The van der Waals surface area contributed by atoms with Gasteiger partial charge in [0.1, 0.15) is 110 Å². The normalized spacial score (nSPS) is 42.5. The smallest absolute Gasteiger partial charge is 0.229 e. The third-order valence-electron chi connectivity index (χ3n) is 10.7. The monoisotopic (exact) mass is 873 g/mol. The molecule has 0 spiro atoms. The Morgan fingerprint density at radius 2 is 1.02 bits per heavy atom. The van der Waals surface area contributed by atoms with Crippen LogP contribution in [0.5, 0.6) is 5.75 Å². The van der Waals surface area contributed by atoms with Crippen LogP contribution < -0.4 is 10.1 Å². The standard InChI is InChI=1S/C36H56FNO22/c1-2-3-4-20(43)38-14-5-6-15(13(7-14)8-37)53-33-27(50)23(46)30(17(10-40)55-33)59-35-29(52)25(48)32(19(12-42)57-35)60-36-28(51)24(47)31(18(11-41)56-36)58-34-26(49)22(45)21(44)16(9-39)54-34/h5-7,16-19,21-36,39-42,44-52H,2-4,8-12H2,1H3,(H,38,43)/t16?,17?,18?,19?,21-,22+,23-,24-,25-,26?,27?,28?,29?,30+,31-,32+,33-,34-,35-,36-/m1/s1. The third kappa shape index (κ3) is 10.7. The first-order valence-electron chi connectivity index (χ1n) is 19.4. The summed E-state index contributed by atoms with van der Waals surface area (Å²) in [6, 6.07) is 4.05. The number of ether oxygens (including phenoxy) is 8. The number of hydrogen-bond acceptors (Lipinski definition) is 22. The highest BCUT2D eigenvalue weighted by molar-refractivity contribution is 5.90. The van der Waals surface area contributed by atoms with Crippen LogP contribution in [0.15, 0.2) is 18.2 Å². The number of halogens is 1. The third-order valence-corrected chi connectivity index (χ3v) is 10.7. The number of hydrogen-bond donors (Lipinski definition) is 14. The van der Waals surface area contributed by atoms with Gasteiger partial charge in [-0.25, -0.2) is 4.39 Å². The maximum absolute atomic E-state index is 14.0. The summed E-state index contributed by atoms with van der Waals surface area (Å²) in [6.45, 7) is -2.68. The lowest BCUT2D eigenvalue weighted by Crippen LogP contribution is -2.67. The number of unbranched alkanes of at least 4 members (excludes halogenated alkanes) is 1. The van der Waals surface area contributed by atoms with E-state index in [-0.39, 0.29) is 29.3 Å². The highest BCUT2D eigenvalue weighted by atomic mass is 19.1. The van der Waals surface area contributed by atoms with Crippen molar-refractivity contribution in [3.8, 4) is 5.75 Å². The molecule has 0 aromatic heterocycles. The molecule has 4 aliphatic heterocycles. The van der Waals surface area contributed by atoms with Crippen LogP contribution in [0.2, 0.25) is 0 Å². The maximum Gasteiger partial charge on any atom is 0.229 e. The largest absolute Gasteiger partial charge is 0.462 e. The van der Waals surface area contributed by atoms with Crippen molar-refractivity contribution in [3.63, 3.8) is 0 Å². The number of aliphatic hydroxyl groups excluding tert-OH is 13. The van der Waals surface area contributed by atoms with Crippen LogP contribution >= 0.6 is 0 Å². The summed E-state index contributed by atoms with van der Waals surface area (Å²) in [7, 11) is 0. The molecule has 0 saturated carbocycles. The Balaban J connectivity index is 1.21. The molecule has 0 bridgehead atoms. The van der Waals surface area contributed by atoms with Crippen LogP contribution in [0.25, 0.3) is 0 Å². The van der Waals surface area contributed by atoms with E-state index in [0.717, 1.165) is 6.42 Å². The minimum Gasteiger partial charge on any atom is -0.462 e. The van der Waals surface area contributed by atoms with Crippen molar-refractivity contribution in [1.82, 2.24) is 0 Å². The second-order valence-electron chi connectivity index (χ2n) is 14.8. The number of amides is 1. The molecule has 4 aliphatic rings. The second-order valence-corrected chi connectivity index (χ2v) is 14.8. The number of carbonyl (C=O) groups is 1. The molecule has 4 fully saturated rings. The van der Waals surface area contributed by atoms with Gasteiger partial charge in [0.15, 0.2) is 18.9 Å². The molecule has 344 valence electrons. The Labute approximate surface area is 341 Å². The molecule has 4 heterocycles. The van der Waals surface area contributed by atoms with E-state index < -0.39 is 156 Å². The van der Waals surface area contributed by atoms with Gasteiger partial charge in [-0.05, 0) is 24.6 Å². The van der Waals surface area contributed by atoms with Crippen molar-refractivity contribution in [2.45, 2.75) is 156 Å². The number of benzene rings is 1. The first-order valence-corrected chi connectivity index (χ1v) is 19.4. The summed E-state index contributed by atoms with van der Waals surface area (Å²) in [6.07, 6.45) is -34.4. The summed E-state index contributed by atoms with van der Waals surface area (Å²) in [5.74, 6) is -0.398. The summed E-state index contributed by atoms with van der Waals surface area (Å²) in [5, 5.41) is 139. The zero-order chi connectivity index (χ0) is 44.0. The van der Waals surface area contributed by atoms with Crippen molar-refractivity contribution in [1.29, 1.82) is 0 Å².